The average molecular weight is 1090 g/mol. The zero-order chi connectivity index (χ0) is 55.6. The predicted molar refractivity (Wildman–Crippen MR) is 323 cm³/mol. The maximum Gasteiger partial charge on any atom is 0.306 e. The van der Waals surface area contributed by atoms with Crippen molar-refractivity contribution in [3.8, 4) is 0 Å². The third-order valence-electron chi connectivity index (χ3n) is 13.7. The molecule has 9 nitrogen and oxygen atoms in total. The van der Waals surface area contributed by atoms with Gasteiger partial charge in [-0.2, -0.15) is 0 Å². The van der Waals surface area contributed by atoms with Crippen LogP contribution in [-0.4, -0.2) is 70.0 Å². The van der Waals surface area contributed by atoms with E-state index in [9.17, 15) is 19.0 Å². The number of hydrogen-bond donors (Lipinski definition) is 0. The Balaban J connectivity index is 3.96. The highest BCUT2D eigenvalue weighted by atomic mass is 31.2. The minimum atomic E-state index is -4.64. The van der Waals surface area contributed by atoms with E-state index < -0.39 is 26.5 Å². The zero-order valence-corrected chi connectivity index (χ0v) is 51.1. The van der Waals surface area contributed by atoms with Crippen molar-refractivity contribution in [3.05, 3.63) is 72.9 Å². The van der Waals surface area contributed by atoms with Gasteiger partial charge >= 0.3 is 11.9 Å². The van der Waals surface area contributed by atoms with Gasteiger partial charge in [0.2, 0.25) is 0 Å². The van der Waals surface area contributed by atoms with Crippen LogP contribution in [0.5, 0.6) is 0 Å². The maximum atomic E-state index is 12.8. The molecule has 2 atom stereocenters. The van der Waals surface area contributed by atoms with E-state index >= 15 is 0 Å². The summed E-state index contributed by atoms with van der Waals surface area (Å²) < 4.78 is 34.2. The van der Waals surface area contributed by atoms with Crippen LogP contribution in [0.4, 0.5) is 0 Å². The summed E-state index contributed by atoms with van der Waals surface area (Å²) in [6.45, 7) is 4.13. The number of unbranched alkanes of at least 4 members (excludes halogenated alkanes) is 32. The number of esters is 2. The topological polar surface area (TPSA) is 111 Å². The molecule has 2 unspecified atom stereocenters. The van der Waals surface area contributed by atoms with E-state index in [1.165, 1.54) is 161 Å². The maximum absolute atomic E-state index is 12.8. The molecule has 0 bridgehead atoms. The van der Waals surface area contributed by atoms with Crippen molar-refractivity contribution in [2.24, 2.45) is 0 Å². The fourth-order valence-corrected chi connectivity index (χ4v) is 9.58. The van der Waals surface area contributed by atoms with Gasteiger partial charge in [-0.15, -0.1) is 0 Å². The van der Waals surface area contributed by atoms with Gasteiger partial charge in [0, 0.05) is 12.8 Å². The Labute approximate surface area is 469 Å². The van der Waals surface area contributed by atoms with Gasteiger partial charge in [-0.25, -0.2) is 0 Å². The summed E-state index contributed by atoms with van der Waals surface area (Å²) in [7, 11) is 1.17. The number of likely N-dealkylation sites (N-methyl/N-ethyl adjacent to an activating group) is 1. The molecule has 0 aliphatic heterocycles. The number of carbonyl (C=O) groups excluding carboxylic acids is 2. The van der Waals surface area contributed by atoms with Crippen LogP contribution in [0.2, 0.25) is 0 Å². The average Bonchev–Trinajstić information content (AvgIpc) is 3.38. The number of carbonyl (C=O) groups is 2. The number of nitrogens with zero attached hydrogens (tertiary/aromatic N) is 1. The number of ether oxygens (including phenoxy) is 2. The second-order valence-electron chi connectivity index (χ2n) is 22.4. The van der Waals surface area contributed by atoms with E-state index in [-0.39, 0.29) is 32.0 Å². The van der Waals surface area contributed by atoms with Crippen LogP contribution >= 0.6 is 7.82 Å². The van der Waals surface area contributed by atoms with Crippen molar-refractivity contribution in [2.45, 2.75) is 290 Å². The number of phosphoric ester groups is 1. The van der Waals surface area contributed by atoms with Gasteiger partial charge in [-0.1, -0.05) is 260 Å². The lowest BCUT2D eigenvalue weighted by Gasteiger charge is -2.28. The fourth-order valence-electron chi connectivity index (χ4n) is 8.86. The second-order valence-corrected chi connectivity index (χ2v) is 23.8. The molecule has 0 N–H and O–H groups in total. The summed E-state index contributed by atoms with van der Waals surface area (Å²) in [5.41, 5.74) is 0. The predicted octanol–water partition coefficient (Wildman–Crippen LogP) is 19.4. The van der Waals surface area contributed by atoms with Crippen molar-refractivity contribution in [3.63, 3.8) is 0 Å². The smallest absolute Gasteiger partial charge is 0.306 e. The molecule has 0 fully saturated rings. The van der Waals surface area contributed by atoms with Crippen LogP contribution in [0.1, 0.15) is 284 Å². The molecule has 442 valence electrons. The lowest BCUT2D eigenvalue weighted by Crippen LogP contribution is -2.37. The number of phosphoric acid groups is 1. The molecule has 0 heterocycles. The molecule has 0 amide bonds. The summed E-state index contributed by atoms with van der Waals surface area (Å²) in [5.74, 6) is -0.833. The molecule has 0 spiro atoms. The molecule has 0 aromatic heterocycles. The molecular formula is C66H120NO8P. The second kappa shape index (κ2) is 57.1. The van der Waals surface area contributed by atoms with Gasteiger partial charge < -0.3 is 27.9 Å². The number of hydrogen-bond acceptors (Lipinski definition) is 8. The van der Waals surface area contributed by atoms with Gasteiger partial charge in [-0.05, 0) is 83.5 Å². The Hall–Kier alpha value is -2.55. The van der Waals surface area contributed by atoms with Crippen molar-refractivity contribution < 1.29 is 42.1 Å². The Kier molecular flexibility index (Phi) is 55.2. The van der Waals surface area contributed by atoms with E-state index in [2.05, 4.69) is 86.8 Å². The summed E-state index contributed by atoms with van der Waals surface area (Å²) in [4.78, 5) is 37.9. The van der Waals surface area contributed by atoms with Gasteiger partial charge in [0.15, 0.2) is 6.10 Å². The Morgan fingerprint density at radius 3 is 1.13 bits per heavy atom. The molecule has 0 aliphatic carbocycles. The van der Waals surface area contributed by atoms with Crippen molar-refractivity contribution in [1.82, 2.24) is 0 Å². The van der Waals surface area contributed by atoms with Crippen molar-refractivity contribution >= 4 is 19.8 Å². The van der Waals surface area contributed by atoms with Crippen LogP contribution in [-0.2, 0) is 32.7 Å². The minimum absolute atomic E-state index is 0.0318. The van der Waals surface area contributed by atoms with Crippen molar-refractivity contribution in [2.75, 3.05) is 47.5 Å². The summed E-state index contributed by atoms with van der Waals surface area (Å²) in [6.07, 6.45) is 75.5. The Bertz CT molecular complexity index is 1510. The first-order valence-corrected chi connectivity index (χ1v) is 33.1. The molecule has 76 heavy (non-hydrogen) atoms. The third-order valence-corrected chi connectivity index (χ3v) is 14.7. The largest absolute Gasteiger partial charge is 0.756 e. The van der Waals surface area contributed by atoms with E-state index in [0.29, 0.717) is 17.4 Å². The summed E-state index contributed by atoms with van der Waals surface area (Å²) in [6, 6.07) is 0. The molecular weight excluding hydrogens is 966 g/mol. The normalized spacial score (nSPS) is 13.7. The van der Waals surface area contributed by atoms with Gasteiger partial charge in [0.1, 0.15) is 19.8 Å². The van der Waals surface area contributed by atoms with E-state index in [1.807, 2.05) is 21.1 Å². The lowest BCUT2D eigenvalue weighted by atomic mass is 10.0. The van der Waals surface area contributed by atoms with E-state index in [1.54, 1.807) is 0 Å². The number of quaternary nitrogens is 1. The molecule has 0 rings (SSSR count). The minimum Gasteiger partial charge on any atom is -0.756 e. The number of rotatable bonds is 58. The first-order chi connectivity index (χ1) is 37.0. The van der Waals surface area contributed by atoms with Crippen LogP contribution < -0.4 is 4.89 Å². The van der Waals surface area contributed by atoms with Crippen LogP contribution in [0, 0.1) is 0 Å². The molecule has 10 heteroatoms. The van der Waals surface area contributed by atoms with E-state index in [0.717, 1.165) is 89.9 Å². The third kappa shape index (κ3) is 60.7. The molecule has 0 aliphatic rings. The molecule has 0 saturated heterocycles. The summed E-state index contributed by atoms with van der Waals surface area (Å²) in [5, 5.41) is 0. The van der Waals surface area contributed by atoms with Crippen LogP contribution in [0.15, 0.2) is 72.9 Å². The standard InChI is InChI=1S/C66H120NO8P/c1-6-8-10-12-14-16-18-20-22-23-24-25-26-27-28-29-30-31-32-33-34-35-36-37-38-39-40-41-42-43-45-47-49-51-53-55-57-59-66(69)75-64(63-74-76(70,71)73-61-60-67(3,4)5)62-72-65(68)58-56-54-52-50-48-46-44-21-19-17-15-13-11-9-7-2/h8,10,14,16,20-22,24-25,27-28,44,64H,6-7,9,11-13,15,17-19,23,26,29-43,45-63H2,1-5H3/b10-8-,16-14-,22-20-,25-24-,28-27-,44-21-. The zero-order valence-electron chi connectivity index (χ0n) is 50.2. The van der Waals surface area contributed by atoms with E-state index in [4.69, 9.17) is 18.5 Å². The Morgan fingerprint density at radius 2 is 0.750 bits per heavy atom. The first-order valence-electron chi connectivity index (χ1n) is 31.6. The molecule has 0 radical (unpaired) electrons. The SMILES string of the molecule is CC/C=C\C/C=C\C/C=C\C/C=C\C/C=C\CCCCCCCCCCCCCCCCCCCCCCCC(=O)OC(COC(=O)CCCCCCC/C=C\CCCCCCCC)COP(=O)([O-])OCC[N+](C)(C)C. The molecule has 0 aromatic carbocycles. The van der Waals surface area contributed by atoms with Gasteiger partial charge in [0.05, 0.1) is 27.7 Å². The molecule has 0 aromatic rings. The van der Waals surface area contributed by atoms with Gasteiger partial charge in [-0.3, -0.25) is 14.2 Å². The fraction of sp³-hybridized carbons (Fsp3) is 0.788. The quantitative estimate of drug-likeness (QED) is 0.0195. The van der Waals surface area contributed by atoms with Crippen molar-refractivity contribution in [1.29, 1.82) is 0 Å². The molecule has 0 saturated carbocycles. The first kappa shape index (κ1) is 73.5. The number of allylic oxidation sites excluding steroid dienone is 12. The monoisotopic (exact) mass is 1090 g/mol. The van der Waals surface area contributed by atoms with Crippen LogP contribution in [0.25, 0.3) is 0 Å². The highest BCUT2D eigenvalue weighted by molar-refractivity contribution is 7.45. The summed E-state index contributed by atoms with van der Waals surface area (Å²) >= 11 is 0. The van der Waals surface area contributed by atoms with Crippen LogP contribution in [0.3, 0.4) is 0 Å². The lowest BCUT2D eigenvalue weighted by molar-refractivity contribution is -0.870. The Morgan fingerprint density at radius 1 is 0.421 bits per heavy atom. The van der Waals surface area contributed by atoms with Gasteiger partial charge in [0.25, 0.3) is 7.82 Å². The highest BCUT2D eigenvalue weighted by Crippen LogP contribution is 2.38. The highest BCUT2D eigenvalue weighted by Gasteiger charge is 2.22.